The first-order valence-corrected chi connectivity index (χ1v) is 4.42. The highest BCUT2D eigenvalue weighted by Gasteiger charge is 2.13. The fourth-order valence-electron chi connectivity index (χ4n) is 1.25. The highest BCUT2D eigenvalue weighted by atomic mass is 16.6. The second kappa shape index (κ2) is 4.15. The molecule has 1 rings (SSSR count). The molecule has 0 bridgehead atoms. The Labute approximate surface area is 82.1 Å². The summed E-state index contributed by atoms with van der Waals surface area (Å²) in [5.74, 6) is 0. The molecule has 0 amide bonds. The summed E-state index contributed by atoms with van der Waals surface area (Å²) in [5.41, 5.74) is 7.30. The van der Waals surface area contributed by atoms with Gasteiger partial charge in [-0.3, -0.25) is 15.1 Å². The highest BCUT2D eigenvalue weighted by molar-refractivity contribution is 5.34. The number of nitrogens with two attached hydrogens (primary N) is 1. The molecule has 0 aliphatic rings. The molecule has 1 heterocycles. The Kier molecular flexibility index (Phi) is 3.14. The van der Waals surface area contributed by atoms with E-state index in [1.54, 1.807) is 6.92 Å². The summed E-state index contributed by atoms with van der Waals surface area (Å²) in [7, 11) is 0. The number of nitro groups is 1. The Bertz CT molecular complexity index is 352. The van der Waals surface area contributed by atoms with Gasteiger partial charge in [0.05, 0.1) is 10.6 Å². The Hall–Kier alpha value is -1.49. The second-order valence-electron chi connectivity index (χ2n) is 3.17. The zero-order valence-electron chi connectivity index (χ0n) is 8.23. The van der Waals surface area contributed by atoms with Crippen LogP contribution >= 0.6 is 0 Å². The van der Waals surface area contributed by atoms with Crippen LogP contribution in [-0.2, 0) is 0 Å². The minimum absolute atomic E-state index is 0.00885. The lowest BCUT2D eigenvalue weighted by atomic mass is 10.1. The van der Waals surface area contributed by atoms with Crippen LogP contribution in [0.5, 0.6) is 0 Å². The molecule has 0 aliphatic carbocycles. The molecule has 0 aliphatic heterocycles. The van der Waals surface area contributed by atoms with Crippen molar-refractivity contribution in [2.24, 2.45) is 5.73 Å². The van der Waals surface area contributed by atoms with Crippen LogP contribution in [0.15, 0.2) is 12.3 Å². The van der Waals surface area contributed by atoms with Crippen molar-refractivity contribution in [3.63, 3.8) is 0 Å². The zero-order chi connectivity index (χ0) is 10.7. The van der Waals surface area contributed by atoms with E-state index < -0.39 is 4.92 Å². The molecule has 76 valence electrons. The molecular formula is C9H13N3O2. The minimum Gasteiger partial charge on any atom is -0.323 e. The normalized spacial score (nSPS) is 12.5. The van der Waals surface area contributed by atoms with Crippen LogP contribution < -0.4 is 5.73 Å². The van der Waals surface area contributed by atoms with Crippen molar-refractivity contribution in [1.82, 2.24) is 4.98 Å². The van der Waals surface area contributed by atoms with Gasteiger partial charge in [0.1, 0.15) is 6.20 Å². The van der Waals surface area contributed by atoms with Gasteiger partial charge in [0.2, 0.25) is 0 Å². The van der Waals surface area contributed by atoms with E-state index in [1.807, 2.05) is 6.92 Å². The van der Waals surface area contributed by atoms with E-state index in [9.17, 15) is 10.1 Å². The predicted molar refractivity (Wildman–Crippen MR) is 52.8 cm³/mol. The summed E-state index contributed by atoms with van der Waals surface area (Å²) in [5, 5.41) is 10.4. The Morgan fingerprint density at radius 3 is 2.79 bits per heavy atom. The number of aryl methyl sites for hydroxylation is 1. The fourth-order valence-corrected chi connectivity index (χ4v) is 1.25. The molecule has 1 aromatic rings. The van der Waals surface area contributed by atoms with Crippen molar-refractivity contribution in [1.29, 1.82) is 0 Å². The predicted octanol–water partition coefficient (Wildman–Crippen LogP) is 1.71. The topological polar surface area (TPSA) is 82.0 Å². The summed E-state index contributed by atoms with van der Waals surface area (Å²) >= 11 is 0. The Morgan fingerprint density at radius 2 is 2.36 bits per heavy atom. The van der Waals surface area contributed by atoms with Crippen LogP contribution in [0, 0.1) is 17.0 Å². The first-order chi connectivity index (χ1) is 6.56. The van der Waals surface area contributed by atoms with Crippen molar-refractivity contribution in [3.8, 4) is 0 Å². The van der Waals surface area contributed by atoms with Crippen LogP contribution in [0.4, 0.5) is 5.69 Å². The molecule has 0 aromatic carbocycles. The van der Waals surface area contributed by atoms with Gasteiger partial charge in [-0.15, -0.1) is 0 Å². The van der Waals surface area contributed by atoms with E-state index in [-0.39, 0.29) is 11.7 Å². The monoisotopic (exact) mass is 195 g/mol. The fraction of sp³-hybridized carbons (Fsp3) is 0.444. The summed E-state index contributed by atoms with van der Waals surface area (Å²) in [6.07, 6.45) is 2.02. The SMILES string of the molecule is CC[C@H](N)c1ncc([N+](=O)[O-])cc1C. The summed E-state index contributed by atoms with van der Waals surface area (Å²) in [6, 6.07) is 1.36. The van der Waals surface area contributed by atoms with Crippen LogP contribution in [0.25, 0.3) is 0 Å². The van der Waals surface area contributed by atoms with Gasteiger partial charge in [-0.05, 0) is 18.9 Å². The minimum atomic E-state index is -0.457. The third kappa shape index (κ3) is 2.05. The van der Waals surface area contributed by atoms with Crippen LogP contribution in [0.3, 0.4) is 0 Å². The number of pyridine rings is 1. The third-order valence-corrected chi connectivity index (χ3v) is 2.11. The van der Waals surface area contributed by atoms with Gasteiger partial charge in [0, 0.05) is 12.1 Å². The van der Waals surface area contributed by atoms with Crippen LogP contribution in [0.1, 0.15) is 30.6 Å². The summed E-state index contributed by atoms with van der Waals surface area (Å²) in [4.78, 5) is 14.0. The highest BCUT2D eigenvalue weighted by Crippen LogP contribution is 2.19. The van der Waals surface area contributed by atoms with Crippen molar-refractivity contribution >= 4 is 5.69 Å². The molecule has 0 saturated carbocycles. The maximum Gasteiger partial charge on any atom is 0.287 e. The van der Waals surface area contributed by atoms with E-state index in [0.29, 0.717) is 0 Å². The zero-order valence-corrected chi connectivity index (χ0v) is 8.23. The molecule has 1 atom stereocenters. The maximum absolute atomic E-state index is 10.4. The molecule has 0 radical (unpaired) electrons. The maximum atomic E-state index is 10.4. The quantitative estimate of drug-likeness (QED) is 0.588. The average Bonchev–Trinajstić information content (AvgIpc) is 2.16. The van der Waals surface area contributed by atoms with E-state index in [1.165, 1.54) is 12.3 Å². The lowest BCUT2D eigenvalue weighted by Crippen LogP contribution is -2.12. The van der Waals surface area contributed by atoms with E-state index >= 15 is 0 Å². The largest absolute Gasteiger partial charge is 0.323 e. The van der Waals surface area contributed by atoms with E-state index in [2.05, 4.69) is 4.98 Å². The van der Waals surface area contributed by atoms with Crippen molar-refractivity contribution < 1.29 is 4.92 Å². The summed E-state index contributed by atoms with van der Waals surface area (Å²) < 4.78 is 0. The van der Waals surface area contributed by atoms with Crippen molar-refractivity contribution in [2.45, 2.75) is 26.3 Å². The molecule has 5 nitrogen and oxygen atoms in total. The first kappa shape index (κ1) is 10.6. The number of nitrogens with zero attached hydrogens (tertiary/aromatic N) is 2. The van der Waals surface area contributed by atoms with Gasteiger partial charge in [0.15, 0.2) is 0 Å². The molecule has 0 spiro atoms. The number of aromatic nitrogens is 1. The molecular weight excluding hydrogens is 182 g/mol. The number of hydrogen-bond donors (Lipinski definition) is 1. The smallest absolute Gasteiger partial charge is 0.287 e. The standard InChI is InChI=1S/C9H13N3O2/c1-3-8(10)9-6(2)4-7(5-11-9)12(13)14/h4-5,8H,3,10H2,1-2H3/t8-/m0/s1. The molecule has 0 unspecified atom stereocenters. The molecule has 0 fully saturated rings. The average molecular weight is 195 g/mol. The number of hydrogen-bond acceptors (Lipinski definition) is 4. The lowest BCUT2D eigenvalue weighted by Gasteiger charge is -2.10. The second-order valence-corrected chi connectivity index (χ2v) is 3.17. The molecule has 0 saturated heterocycles. The van der Waals surface area contributed by atoms with Gasteiger partial charge in [-0.25, -0.2) is 0 Å². The van der Waals surface area contributed by atoms with Gasteiger partial charge < -0.3 is 5.73 Å². The summed E-state index contributed by atoms with van der Waals surface area (Å²) in [6.45, 7) is 3.73. The molecule has 5 heteroatoms. The van der Waals surface area contributed by atoms with Crippen molar-refractivity contribution in [2.75, 3.05) is 0 Å². The van der Waals surface area contributed by atoms with Crippen LogP contribution in [-0.4, -0.2) is 9.91 Å². The number of rotatable bonds is 3. The van der Waals surface area contributed by atoms with E-state index in [0.717, 1.165) is 17.7 Å². The first-order valence-electron chi connectivity index (χ1n) is 4.42. The molecule has 14 heavy (non-hydrogen) atoms. The molecule has 1 aromatic heterocycles. The Balaban J connectivity index is 3.07. The van der Waals surface area contributed by atoms with Gasteiger partial charge in [0.25, 0.3) is 5.69 Å². The van der Waals surface area contributed by atoms with Gasteiger partial charge in [-0.1, -0.05) is 6.92 Å². The van der Waals surface area contributed by atoms with Crippen molar-refractivity contribution in [3.05, 3.63) is 33.6 Å². The van der Waals surface area contributed by atoms with Gasteiger partial charge >= 0.3 is 0 Å². The Morgan fingerprint density at radius 1 is 1.71 bits per heavy atom. The lowest BCUT2D eigenvalue weighted by molar-refractivity contribution is -0.385. The van der Waals surface area contributed by atoms with E-state index in [4.69, 9.17) is 5.73 Å². The van der Waals surface area contributed by atoms with Gasteiger partial charge in [-0.2, -0.15) is 0 Å². The third-order valence-electron chi connectivity index (χ3n) is 2.11. The molecule has 2 N–H and O–H groups in total. The van der Waals surface area contributed by atoms with Crippen LogP contribution in [0.2, 0.25) is 0 Å².